The molecule has 0 saturated carbocycles. The first kappa shape index (κ1) is 15.2. The number of benzene rings is 4. The summed E-state index contributed by atoms with van der Waals surface area (Å²) in [6, 6.07) is 30.5. The van der Waals surface area contributed by atoms with E-state index in [9.17, 15) is 0 Å². The summed E-state index contributed by atoms with van der Waals surface area (Å²) < 4.78 is 0. The van der Waals surface area contributed by atoms with E-state index >= 15 is 0 Å². The molecule has 0 saturated heterocycles. The lowest BCUT2D eigenvalue weighted by Crippen LogP contribution is -2.14. The molecule has 0 aromatic heterocycles. The molecule has 26 heavy (non-hydrogen) atoms. The van der Waals surface area contributed by atoms with Crippen molar-refractivity contribution in [3.63, 3.8) is 0 Å². The molecule has 0 bridgehead atoms. The average molecular weight is 335 g/mol. The predicted molar refractivity (Wildman–Crippen MR) is 111 cm³/mol. The highest BCUT2D eigenvalue weighted by atomic mass is 14.9. The Morgan fingerprint density at radius 1 is 0.577 bits per heavy atom. The number of anilines is 2. The highest BCUT2D eigenvalue weighted by molar-refractivity contribution is 5.87. The molecule has 0 atom stereocenters. The van der Waals surface area contributed by atoms with Crippen LogP contribution in [0.4, 0.5) is 11.4 Å². The van der Waals surface area contributed by atoms with Crippen LogP contribution in [-0.4, -0.2) is 0 Å². The molecule has 126 valence electrons. The number of hydrogen-bond donors (Lipinski definition) is 1. The van der Waals surface area contributed by atoms with E-state index in [1.165, 1.54) is 33.0 Å². The molecule has 4 aromatic carbocycles. The quantitative estimate of drug-likeness (QED) is 0.420. The molecule has 0 fully saturated rings. The highest BCUT2D eigenvalue weighted by Gasteiger charge is 2.34. The second-order valence-corrected chi connectivity index (χ2v) is 7.62. The third kappa shape index (κ3) is 2.24. The fourth-order valence-electron chi connectivity index (χ4n) is 4.23. The van der Waals surface area contributed by atoms with Crippen LogP contribution in [-0.2, 0) is 5.41 Å². The Kier molecular flexibility index (Phi) is 3.20. The Hall–Kier alpha value is -3.06. The molecule has 0 aliphatic heterocycles. The third-order valence-corrected chi connectivity index (χ3v) is 5.62. The number of rotatable bonds is 2. The lowest BCUT2D eigenvalue weighted by molar-refractivity contribution is 0.660. The Labute approximate surface area is 154 Å². The largest absolute Gasteiger partial charge is 0.355 e. The summed E-state index contributed by atoms with van der Waals surface area (Å²) in [5, 5.41) is 6.11. The van der Waals surface area contributed by atoms with Crippen LogP contribution in [0, 0.1) is 0 Å². The summed E-state index contributed by atoms with van der Waals surface area (Å²) in [4.78, 5) is 0. The lowest BCUT2D eigenvalue weighted by Gasteiger charge is -2.21. The van der Waals surface area contributed by atoms with Crippen LogP contribution in [0.5, 0.6) is 0 Å². The maximum atomic E-state index is 3.58. The van der Waals surface area contributed by atoms with E-state index < -0.39 is 0 Å². The van der Waals surface area contributed by atoms with Crippen LogP contribution in [0.15, 0.2) is 84.9 Å². The molecule has 1 N–H and O–H groups in total. The zero-order chi connectivity index (χ0) is 17.7. The van der Waals surface area contributed by atoms with Gasteiger partial charge in [-0.1, -0.05) is 74.5 Å². The number of fused-ring (bicyclic) bond motifs is 4. The summed E-state index contributed by atoms with van der Waals surface area (Å²) in [7, 11) is 0. The number of nitrogens with one attached hydrogen (secondary N) is 1. The van der Waals surface area contributed by atoms with Crippen molar-refractivity contribution in [2.24, 2.45) is 0 Å². The van der Waals surface area contributed by atoms with Gasteiger partial charge in [0.15, 0.2) is 0 Å². The van der Waals surface area contributed by atoms with E-state index in [-0.39, 0.29) is 5.41 Å². The average Bonchev–Trinajstić information content (AvgIpc) is 2.89. The van der Waals surface area contributed by atoms with Crippen LogP contribution in [0.1, 0.15) is 25.0 Å². The van der Waals surface area contributed by atoms with E-state index in [2.05, 4.69) is 104 Å². The van der Waals surface area contributed by atoms with E-state index in [1.807, 2.05) is 0 Å². The zero-order valence-electron chi connectivity index (χ0n) is 15.1. The summed E-state index contributed by atoms with van der Waals surface area (Å²) in [6.45, 7) is 4.63. The van der Waals surface area contributed by atoms with Gasteiger partial charge in [0.1, 0.15) is 0 Å². The first-order valence-electron chi connectivity index (χ1n) is 9.13. The van der Waals surface area contributed by atoms with Gasteiger partial charge in [-0.15, -0.1) is 0 Å². The van der Waals surface area contributed by atoms with Gasteiger partial charge in [0, 0.05) is 16.8 Å². The Morgan fingerprint density at radius 2 is 1.23 bits per heavy atom. The van der Waals surface area contributed by atoms with Crippen molar-refractivity contribution in [1.82, 2.24) is 0 Å². The molecule has 4 aromatic rings. The fraction of sp³-hybridized carbons (Fsp3) is 0.120. The van der Waals surface area contributed by atoms with Crippen molar-refractivity contribution in [3.8, 4) is 11.1 Å². The monoisotopic (exact) mass is 335 g/mol. The highest BCUT2D eigenvalue weighted by Crippen LogP contribution is 2.49. The summed E-state index contributed by atoms with van der Waals surface area (Å²) >= 11 is 0. The normalized spacial score (nSPS) is 14.1. The van der Waals surface area contributed by atoms with Gasteiger partial charge in [0.25, 0.3) is 0 Å². The third-order valence-electron chi connectivity index (χ3n) is 5.62. The Bertz CT molecular complexity index is 1140. The lowest BCUT2D eigenvalue weighted by atomic mass is 9.82. The van der Waals surface area contributed by atoms with Crippen LogP contribution in [0.3, 0.4) is 0 Å². The van der Waals surface area contributed by atoms with Gasteiger partial charge < -0.3 is 5.32 Å². The Balaban J connectivity index is 1.56. The van der Waals surface area contributed by atoms with Crippen molar-refractivity contribution in [3.05, 3.63) is 96.1 Å². The van der Waals surface area contributed by atoms with E-state index in [1.54, 1.807) is 0 Å². The van der Waals surface area contributed by atoms with Gasteiger partial charge in [0.05, 0.1) is 0 Å². The van der Waals surface area contributed by atoms with Crippen molar-refractivity contribution >= 4 is 22.1 Å². The minimum Gasteiger partial charge on any atom is -0.355 e. The van der Waals surface area contributed by atoms with E-state index in [0.717, 1.165) is 11.4 Å². The van der Waals surface area contributed by atoms with Gasteiger partial charge >= 0.3 is 0 Å². The number of hydrogen-bond acceptors (Lipinski definition) is 1. The van der Waals surface area contributed by atoms with Gasteiger partial charge in [0.2, 0.25) is 0 Å². The smallest absolute Gasteiger partial charge is 0.0390 e. The fourth-order valence-corrected chi connectivity index (χ4v) is 4.23. The van der Waals surface area contributed by atoms with E-state index in [4.69, 9.17) is 0 Å². The van der Waals surface area contributed by atoms with Crippen LogP contribution in [0.25, 0.3) is 21.9 Å². The standard InChI is InChI=1S/C25H21N/c1-25(2)23-10-6-5-9-21(23)22-16-20(13-14-24(22)25)26-19-12-11-17-7-3-4-8-18(17)15-19/h3-16,26H,1-2H3. The predicted octanol–water partition coefficient (Wildman–Crippen LogP) is 6.89. The molecule has 0 spiro atoms. The summed E-state index contributed by atoms with van der Waals surface area (Å²) in [5.74, 6) is 0. The maximum absolute atomic E-state index is 3.58. The maximum Gasteiger partial charge on any atom is 0.0390 e. The molecular weight excluding hydrogens is 314 g/mol. The summed E-state index contributed by atoms with van der Waals surface area (Å²) in [5.41, 5.74) is 7.83. The van der Waals surface area contributed by atoms with Gasteiger partial charge in [-0.3, -0.25) is 0 Å². The van der Waals surface area contributed by atoms with Crippen molar-refractivity contribution in [1.29, 1.82) is 0 Å². The van der Waals surface area contributed by atoms with E-state index in [0.29, 0.717) is 0 Å². The molecule has 1 aliphatic rings. The minimum atomic E-state index is 0.0629. The minimum absolute atomic E-state index is 0.0629. The van der Waals surface area contributed by atoms with Gasteiger partial charge in [-0.25, -0.2) is 0 Å². The van der Waals surface area contributed by atoms with Crippen molar-refractivity contribution in [2.45, 2.75) is 19.3 Å². The summed E-state index contributed by atoms with van der Waals surface area (Å²) in [6.07, 6.45) is 0. The Morgan fingerprint density at radius 3 is 2.12 bits per heavy atom. The zero-order valence-corrected chi connectivity index (χ0v) is 15.1. The van der Waals surface area contributed by atoms with Gasteiger partial charge in [-0.05, 0) is 57.3 Å². The van der Waals surface area contributed by atoms with Crippen LogP contribution in [0.2, 0.25) is 0 Å². The van der Waals surface area contributed by atoms with Crippen LogP contribution >= 0.6 is 0 Å². The SMILES string of the molecule is CC1(C)c2ccccc2-c2cc(Nc3ccc4ccccc4c3)ccc21. The second kappa shape index (κ2) is 5.47. The van der Waals surface area contributed by atoms with Crippen molar-refractivity contribution < 1.29 is 0 Å². The molecule has 0 unspecified atom stereocenters. The molecule has 0 heterocycles. The first-order chi connectivity index (χ1) is 12.6. The van der Waals surface area contributed by atoms with Gasteiger partial charge in [-0.2, -0.15) is 0 Å². The molecule has 1 heteroatoms. The molecule has 1 nitrogen and oxygen atoms in total. The topological polar surface area (TPSA) is 12.0 Å². The molecule has 0 radical (unpaired) electrons. The van der Waals surface area contributed by atoms with Crippen LogP contribution < -0.4 is 5.32 Å². The molecule has 1 aliphatic carbocycles. The second-order valence-electron chi connectivity index (χ2n) is 7.62. The molecular formula is C25H21N. The van der Waals surface area contributed by atoms with Crippen molar-refractivity contribution in [2.75, 3.05) is 5.32 Å². The molecule has 5 rings (SSSR count). The molecule has 0 amide bonds. The first-order valence-corrected chi connectivity index (χ1v) is 9.13.